The number of furan rings is 1. The average molecular weight is 358 g/mol. The predicted molar refractivity (Wildman–Crippen MR) is 98.9 cm³/mol. The molecule has 26 heavy (non-hydrogen) atoms. The molecule has 1 heterocycles. The maximum absolute atomic E-state index is 13.2. The first-order valence-electron chi connectivity index (χ1n) is 9.36. The Morgan fingerprint density at radius 3 is 2.50 bits per heavy atom. The molecule has 0 bridgehead atoms. The number of carbonyl (C=O) groups excluding carboxylic acids is 1. The summed E-state index contributed by atoms with van der Waals surface area (Å²) in [6.45, 7) is 1.49. The van der Waals surface area contributed by atoms with Gasteiger partial charge in [-0.25, -0.2) is 4.39 Å². The monoisotopic (exact) mass is 358 g/mol. The summed E-state index contributed by atoms with van der Waals surface area (Å²) >= 11 is 0. The summed E-state index contributed by atoms with van der Waals surface area (Å²) < 4.78 is 18.6. The van der Waals surface area contributed by atoms with Crippen molar-refractivity contribution >= 4 is 5.91 Å². The molecule has 5 heteroatoms. The molecule has 2 aromatic rings. The van der Waals surface area contributed by atoms with Crippen molar-refractivity contribution in [2.45, 2.75) is 51.2 Å². The normalized spacial score (nSPS) is 15.3. The average Bonchev–Trinajstić information content (AvgIpc) is 3.14. The van der Waals surface area contributed by atoms with E-state index in [0.29, 0.717) is 19.6 Å². The summed E-state index contributed by atoms with van der Waals surface area (Å²) in [6, 6.07) is 10.5. The van der Waals surface area contributed by atoms with Crippen LogP contribution in [0.15, 0.2) is 47.1 Å². The Labute approximate surface area is 154 Å². The smallest absolute Gasteiger partial charge is 0.237 e. The number of benzene rings is 1. The van der Waals surface area contributed by atoms with Crippen molar-refractivity contribution in [2.75, 3.05) is 13.6 Å². The molecular formula is C21H27FN2O2. The largest absolute Gasteiger partial charge is 0.468 e. The van der Waals surface area contributed by atoms with Crippen LogP contribution in [0.2, 0.25) is 0 Å². The molecule has 0 unspecified atom stereocenters. The van der Waals surface area contributed by atoms with Gasteiger partial charge in [0, 0.05) is 12.6 Å². The first-order valence-corrected chi connectivity index (χ1v) is 9.36. The van der Waals surface area contributed by atoms with Crippen LogP contribution in [0, 0.1) is 5.82 Å². The molecule has 1 saturated carbocycles. The summed E-state index contributed by atoms with van der Waals surface area (Å²) in [5.74, 6) is 0.723. The highest BCUT2D eigenvalue weighted by atomic mass is 19.1. The number of likely N-dealkylation sites (N-methyl/N-ethyl adjacent to an activating group) is 1. The van der Waals surface area contributed by atoms with Crippen molar-refractivity contribution < 1.29 is 13.6 Å². The van der Waals surface area contributed by atoms with Gasteiger partial charge in [0.15, 0.2) is 0 Å². The van der Waals surface area contributed by atoms with Gasteiger partial charge in [-0.1, -0.05) is 31.4 Å². The molecule has 4 nitrogen and oxygen atoms in total. The summed E-state index contributed by atoms with van der Waals surface area (Å²) in [6.07, 6.45) is 7.32. The zero-order valence-electron chi connectivity index (χ0n) is 15.4. The van der Waals surface area contributed by atoms with Crippen LogP contribution in [0.5, 0.6) is 0 Å². The molecule has 140 valence electrons. The van der Waals surface area contributed by atoms with Gasteiger partial charge < -0.3 is 9.32 Å². The summed E-state index contributed by atoms with van der Waals surface area (Å²) in [5, 5.41) is 0. The Hall–Kier alpha value is -2.14. The van der Waals surface area contributed by atoms with Crippen molar-refractivity contribution in [3.05, 3.63) is 59.8 Å². The minimum atomic E-state index is -0.248. The van der Waals surface area contributed by atoms with Crippen LogP contribution in [-0.2, 0) is 17.9 Å². The lowest BCUT2D eigenvalue weighted by molar-refractivity contribution is -0.136. The van der Waals surface area contributed by atoms with E-state index in [4.69, 9.17) is 4.42 Å². The van der Waals surface area contributed by atoms with E-state index in [1.54, 1.807) is 18.4 Å². The SMILES string of the molecule is CN(CC(=O)N(Cc1ccc(F)cc1)C1CCCCC1)Cc1ccco1. The molecule has 1 aromatic carbocycles. The molecule has 0 spiro atoms. The molecule has 0 atom stereocenters. The molecule has 1 aliphatic rings. The minimum Gasteiger partial charge on any atom is -0.468 e. The van der Waals surface area contributed by atoms with E-state index < -0.39 is 0 Å². The van der Waals surface area contributed by atoms with Crippen LogP contribution < -0.4 is 0 Å². The van der Waals surface area contributed by atoms with Gasteiger partial charge in [-0.2, -0.15) is 0 Å². The second-order valence-electron chi connectivity index (χ2n) is 7.19. The number of rotatable bonds is 7. The van der Waals surface area contributed by atoms with E-state index >= 15 is 0 Å². The Morgan fingerprint density at radius 2 is 1.85 bits per heavy atom. The molecule has 0 N–H and O–H groups in total. The van der Waals surface area contributed by atoms with Crippen LogP contribution in [0.25, 0.3) is 0 Å². The van der Waals surface area contributed by atoms with Gasteiger partial charge in [-0.15, -0.1) is 0 Å². The first-order chi connectivity index (χ1) is 12.6. The second kappa shape index (κ2) is 8.99. The molecule has 1 amide bonds. The highest BCUT2D eigenvalue weighted by Crippen LogP contribution is 2.24. The second-order valence-corrected chi connectivity index (χ2v) is 7.19. The molecule has 0 aliphatic heterocycles. The fraction of sp³-hybridized carbons (Fsp3) is 0.476. The standard InChI is InChI=1S/C21H27FN2O2/c1-23(15-20-8-5-13-26-20)16-21(25)24(19-6-3-2-4-7-19)14-17-9-11-18(22)12-10-17/h5,8-13,19H,2-4,6-7,14-16H2,1H3. The van der Waals surface area contributed by atoms with Crippen molar-refractivity contribution in [3.63, 3.8) is 0 Å². The van der Waals surface area contributed by atoms with Gasteiger partial charge in [-0.3, -0.25) is 9.69 Å². The molecule has 0 saturated heterocycles. The van der Waals surface area contributed by atoms with Gasteiger partial charge in [0.2, 0.25) is 5.91 Å². The third-order valence-electron chi connectivity index (χ3n) is 5.01. The van der Waals surface area contributed by atoms with Gasteiger partial charge in [0.05, 0.1) is 19.4 Å². The predicted octanol–water partition coefficient (Wildman–Crippen LogP) is 4.21. The molecule has 1 aliphatic carbocycles. The number of hydrogen-bond donors (Lipinski definition) is 0. The number of nitrogens with zero attached hydrogens (tertiary/aromatic N) is 2. The van der Waals surface area contributed by atoms with Gasteiger partial charge in [0.25, 0.3) is 0 Å². The molecule has 1 aromatic heterocycles. The third-order valence-corrected chi connectivity index (χ3v) is 5.01. The Bertz CT molecular complexity index is 679. The zero-order chi connectivity index (χ0) is 18.4. The van der Waals surface area contributed by atoms with Crippen molar-refractivity contribution in [2.24, 2.45) is 0 Å². The van der Waals surface area contributed by atoms with Gasteiger partial charge in [0.1, 0.15) is 11.6 Å². The molecule has 0 radical (unpaired) electrons. The number of carbonyl (C=O) groups is 1. The topological polar surface area (TPSA) is 36.7 Å². The fourth-order valence-corrected chi connectivity index (χ4v) is 3.65. The van der Waals surface area contributed by atoms with Crippen LogP contribution in [0.3, 0.4) is 0 Å². The molecule has 1 fully saturated rings. The van der Waals surface area contributed by atoms with Crippen LogP contribution >= 0.6 is 0 Å². The van der Waals surface area contributed by atoms with E-state index in [2.05, 4.69) is 0 Å². The quantitative estimate of drug-likeness (QED) is 0.744. The number of halogens is 1. The van der Waals surface area contributed by atoms with Gasteiger partial charge >= 0.3 is 0 Å². The Balaban J connectivity index is 1.66. The van der Waals surface area contributed by atoms with Crippen LogP contribution in [0.1, 0.15) is 43.4 Å². The van der Waals surface area contributed by atoms with E-state index in [1.807, 2.05) is 29.0 Å². The summed E-state index contributed by atoms with van der Waals surface area (Å²) in [4.78, 5) is 17.0. The van der Waals surface area contributed by atoms with Crippen molar-refractivity contribution in [1.29, 1.82) is 0 Å². The van der Waals surface area contributed by atoms with E-state index in [9.17, 15) is 9.18 Å². The van der Waals surface area contributed by atoms with Gasteiger partial charge in [-0.05, 0) is 49.7 Å². The first kappa shape index (κ1) is 18.6. The Morgan fingerprint density at radius 1 is 1.12 bits per heavy atom. The third kappa shape index (κ3) is 5.18. The maximum atomic E-state index is 13.2. The fourth-order valence-electron chi connectivity index (χ4n) is 3.65. The summed E-state index contributed by atoms with van der Waals surface area (Å²) in [5.41, 5.74) is 0.971. The Kier molecular flexibility index (Phi) is 6.45. The zero-order valence-corrected chi connectivity index (χ0v) is 15.4. The lowest BCUT2D eigenvalue weighted by atomic mass is 9.93. The van der Waals surface area contributed by atoms with Crippen molar-refractivity contribution in [3.8, 4) is 0 Å². The maximum Gasteiger partial charge on any atom is 0.237 e. The lowest BCUT2D eigenvalue weighted by Gasteiger charge is -2.35. The highest BCUT2D eigenvalue weighted by molar-refractivity contribution is 5.78. The lowest BCUT2D eigenvalue weighted by Crippen LogP contribution is -2.45. The van der Waals surface area contributed by atoms with E-state index in [1.165, 1.54) is 31.4 Å². The summed E-state index contributed by atoms with van der Waals surface area (Å²) in [7, 11) is 1.93. The number of amides is 1. The van der Waals surface area contributed by atoms with E-state index in [0.717, 1.165) is 24.2 Å². The van der Waals surface area contributed by atoms with Crippen LogP contribution in [-0.4, -0.2) is 35.3 Å². The molecule has 3 rings (SSSR count). The highest BCUT2D eigenvalue weighted by Gasteiger charge is 2.26. The van der Waals surface area contributed by atoms with Crippen LogP contribution in [0.4, 0.5) is 4.39 Å². The van der Waals surface area contributed by atoms with E-state index in [-0.39, 0.29) is 17.8 Å². The molecular weight excluding hydrogens is 331 g/mol. The number of hydrogen-bond acceptors (Lipinski definition) is 3. The minimum absolute atomic E-state index is 0.121. The van der Waals surface area contributed by atoms with Crippen molar-refractivity contribution in [1.82, 2.24) is 9.80 Å².